The standard InChI is InChI=1S/C30H48N4O7/c1-8-9-10-11-12-18-34(28(38)22(16-17-23(31)35)33-29(39)41-30(4,5)6)26(27(37)32-19-24(36)40-7)25-20(2)14-13-15-21(25)3/h13-15,22,26H,8-12,16-19H2,1-7H3,(H2,31,35)(H,32,37)(H,33,39). The van der Waals surface area contributed by atoms with E-state index < -0.39 is 47.5 Å². The van der Waals surface area contributed by atoms with Crippen molar-refractivity contribution in [2.45, 2.75) is 104 Å². The van der Waals surface area contributed by atoms with Crippen LogP contribution in [0.2, 0.25) is 0 Å². The lowest BCUT2D eigenvalue weighted by Gasteiger charge is -2.35. The third-order valence-electron chi connectivity index (χ3n) is 6.46. The highest BCUT2D eigenvalue weighted by Crippen LogP contribution is 2.29. The summed E-state index contributed by atoms with van der Waals surface area (Å²) >= 11 is 0. The van der Waals surface area contributed by atoms with Crippen molar-refractivity contribution in [1.29, 1.82) is 0 Å². The highest BCUT2D eigenvalue weighted by molar-refractivity contribution is 5.94. The Hall–Kier alpha value is -3.63. The average Bonchev–Trinajstić information content (AvgIpc) is 2.88. The minimum Gasteiger partial charge on any atom is -0.468 e. The van der Waals surface area contributed by atoms with Crippen molar-refractivity contribution in [2.24, 2.45) is 5.73 Å². The van der Waals surface area contributed by atoms with Gasteiger partial charge in [0.1, 0.15) is 24.2 Å². The number of benzene rings is 1. The van der Waals surface area contributed by atoms with Crippen LogP contribution in [0.25, 0.3) is 0 Å². The van der Waals surface area contributed by atoms with Gasteiger partial charge in [-0.2, -0.15) is 0 Å². The van der Waals surface area contributed by atoms with E-state index in [2.05, 4.69) is 22.3 Å². The number of nitrogens with two attached hydrogens (primary N) is 1. The second-order valence-corrected chi connectivity index (χ2v) is 11.2. The summed E-state index contributed by atoms with van der Waals surface area (Å²) in [7, 11) is 1.22. The number of ether oxygens (including phenoxy) is 2. The van der Waals surface area contributed by atoms with Crippen molar-refractivity contribution in [3.8, 4) is 0 Å². The summed E-state index contributed by atoms with van der Waals surface area (Å²) in [5.41, 5.74) is 6.73. The SMILES string of the molecule is CCCCCCCN(C(=O)C(CCC(N)=O)NC(=O)OC(C)(C)C)C(C(=O)NCC(=O)OC)c1c(C)cccc1C. The van der Waals surface area contributed by atoms with E-state index in [1.165, 1.54) is 12.0 Å². The number of nitrogens with one attached hydrogen (secondary N) is 2. The lowest BCUT2D eigenvalue weighted by Crippen LogP contribution is -2.54. The van der Waals surface area contributed by atoms with E-state index in [1.807, 2.05) is 32.0 Å². The molecule has 2 atom stereocenters. The number of esters is 1. The Labute approximate surface area is 243 Å². The monoisotopic (exact) mass is 576 g/mol. The van der Waals surface area contributed by atoms with E-state index in [1.54, 1.807) is 20.8 Å². The van der Waals surface area contributed by atoms with Crippen LogP contribution in [0.1, 0.15) is 95.4 Å². The maximum atomic E-state index is 14.2. The molecule has 0 aliphatic carbocycles. The second kappa shape index (κ2) is 17.2. The molecule has 41 heavy (non-hydrogen) atoms. The van der Waals surface area contributed by atoms with Crippen LogP contribution in [-0.2, 0) is 28.7 Å². The van der Waals surface area contributed by atoms with Gasteiger partial charge in [0, 0.05) is 13.0 Å². The lowest BCUT2D eigenvalue weighted by molar-refractivity contribution is -0.145. The molecule has 0 heterocycles. The Balaban J connectivity index is 3.60. The van der Waals surface area contributed by atoms with Crippen LogP contribution < -0.4 is 16.4 Å². The van der Waals surface area contributed by atoms with Gasteiger partial charge in [-0.3, -0.25) is 19.2 Å². The number of aryl methyl sites for hydroxylation is 2. The van der Waals surface area contributed by atoms with E-state index in [-0.39, 0.29) is 25.9 Å². The van der Waals surface area contributed by atoms with Gasteiger partial charge in [0.25, 0.3) is 0 Å². The number of nitrogens with zero attached hydrogens (tertiary/aromatic N) is 1. The fourth-order valence-corrected chi connectivity index (χ4v) is 4.46. The second-order valence-electron chi connectivity index (χ2n) is 11.2. The Morgan fingerprint density at radius 1 is 1.00 bits per heavy atom. The highest BCUT2D eigenvalue weighted by atomic mass is 16.6. The summed E-state index contributed by atoms with van der Waals surface area (Å²) in [4.78, 5) is 65.7. The van der Waals surface area contributed by atoms with Crippen molar-refractivity contribution in [1.82, 2.24) is 15.5 Å². The summed E-state index contributed by atoms with van der Waals surface area (Å²) in [6, 6.07) is 3.24. The molecule has 0 aliphatic rings. The number of rotatable bonds is 16. The molecule has 230 valence electrons. The number of unbranched alkanes of at least 4 members (excludes halogenated alkanes) is 4. The van der Waals surface area contributed by atoms with Crippen molar-refractivity contribution in [3.63, 3.8) is 0 Å². The predicted octanol–water partition coefficient (Wildman–Crippen LogP) is 3.59. The molecule has 0 fully saturated rings. The number of carbonyl (C=O) groups excluding carboxylic acids is 5. The first-order valence-corrected chi connectivity index (χ1v) is 14.2. The average molecular weight is 577 g/mol. The van der Waals surface area contributed by atoms with E-state index in [9.17, 15) is 24.0 Å². The summed E-state index contributed by atoms with van der Waals surface area (Å²) < 4.78 is 10.1. The van der Waals surface area contributed by atoms with Crippen LogP contribution >= 0.6 is 0 Å². The van der Waals surface area contributed by atoms with Gasteiger partial charge in [0.05, 0.1) is 7.11 Å². The maximum Gasteiger partial charge on any atom is 0.408 e. The molecule has 0 saturated heterocycles. The molecule has 4 N–H and O–H groups in total. The zero-order valence-corrected chi connectivity index (χ0v) is 25.6. The summed E-state index contributed by atoms with van der Waals surface area (Å²) in [5, 5.41) is 5.19. The zero-order valence-electron chi connectivity index (χ0n) is 25.6. The molecule has 0 aliphatic heterocycles. The number of carbonyl (C=O) groups is 5. The molecule has 1 aromatic carbocycles. The molecule has 1 rings (SSSR count). The molecule has 1 aromatic rings. The van der Waals surface area contributed by atoms with Gasteiger partial charge in [-0.15, -0.1) is 0 Å². The minimum absolute atomic E-state index is 0.0804. The predicted molar refractivity (Wildman–Crippen MR) is 156 cm³/mol. The lowest BCUT2D eigenvalue weighted by atomic mass is 9.93. The molecule has 2 unspecified atom stereocenters. The fraction of sp³-hybridized carbons (Fsp3) is 0.633. The molecule has 0 bridgehead atoms. The van der Waals surface area contributed by atoms with Crippen molar-refractivity contribution in [2.75, 3.05) is 20.2 Å². The summed E-state index contributed by atoms with van der Waals surface area (Å²) in [5.74, 6) is -2.40. The minimum atomic E-state index is -1.19. The normalized spacial score (nSPS) is 12.6. The molecule has 4 amide bonds. The molecule has 11 nitrogen and oxygen atoms in total. The van der Waals surface area contributed by atoms with Crippen LogP contribution in [0.5, 0.6) is 0 Å². The third kappa shape index (κ3) is 12.6. The Kier molecular flexibility index (Phi) is 14.9. The van der Waals surface area contributed by atoms with Gasteiger partial charge >= 0.3 is 12.1 Å². The molecule has 0 saturated carbocycles. The smallest absolute Gasteiger partial charge is 0.408 e. The van der Waals surface area contributed by atoms with Crippen LogP contribution in [0.15, 0.2) is 18.2 Å². The van der Waals surface area contributed by atoms with Crippen LogP contribution in [-0.4, -0.2) is 66.5 Å². The molecular weight excluding hydrogens is 528 g/mol. The van der Waals surface area contributed by atoms with Crippen molar-refractivity contribution < 1.29 is 33.4 Å². The van der Waals surface area contributed by atoms with Gasteiger partial charge in [0.15, 0.2) is 0 Å². The maximum absolute atomic E-state index is 14.2. The number of primary amides is 1. The van der Waals surface area contributed by atoms with Gasteiger partial charge in [0.2, 0.25) is 17.7 Å². The summed E-state index contributed by atoms with van der Waals surface area (Å²) in [6.45, 7) is 10.7. The number of hydrogen-bond donors (Lipinski definition) is 3. The van der Waals surface area contributed by atoms with Gasteiger partial charge in [-0.25, -0.2) is 4.79 Å². The van der Waals surface area contributed by atoms with Gasteiger partial charge in [-0.1, -0.05) is 50.8 Å². The molecule has 0 spiro atoms. The third-order valence-corrected chi connectivity index (χ3v) is 6.46. The Morgan fingerprint density at radius 2 is 1.61 bits per heavy atom. The van der Waals surface area contributed by atoms with Crippen molar-refractivity contribution >= 4 is 29.8 Å². The van der Waals surface area contributed by atoms with Crippen LogP contribution in [0.4, 0.5) is 4.79 Å². The number of amides is 4. The van der Waals surface area contributed by atoms with E-state index in [4.69, 9.17) is 10.5 Å². The van der Waals surface area contributed by atoms with Crippen LogP contribution in [0.3, 0.4) is 0 Å². The molecule has 0 radical (unpaired) electrons. The van der Waals surface area contributed by atoms with Gasteiger partial charge in [-0.05, 0) is 64.2 Å². The zero-order chi connectivity index (χ0) is 31.2. The molecule has 0 aromatic heterocycles. The van der Waals surface area contributed by atoms with E-state index in [0.717, 1.165) is 36.8 Å². The molecular formula is C30H48N4O7. The fourth-order valence-electron chi connectivity index (χ4n) is 4.46. The number of methoxy groups -OCH3 is 1. The first-order chi connectivity index (χ1) is 19.2. The Bertz CT molecular complexity index is 1030. The number of alkyl carbamates (subject to hydrolysis) is 1. The summed E-state index contributed by atoms with van der Waals surface area (Å²) in [6.07, 6.45) is 3.39. The quantitative estimate of drug-likeness (QED) is 0.200. The largest absolute Gasteiger partial charge is 0.468 e. The van der Waals surface area contributed by atoms with Crippen LogP contribution in [0, 0.1) is 13.8 Å². The first kappa shape index (κ1) is 35.4. The van der Waals surface area contributed by atoms with E-state index >= 15 is 0 Å². The highest BCUT2D eigenvalue weighted by Gasteiger charge is 2.37. The number of hydrogen-bond acceptors (Lipinski definition) is 7. The topological polar surface area (TPSA) is 157 Å². The van der Waals surface area contributed by atoms with E-state index in [0.29, 0.717) is 12.0 Å². The Morgan fingerprint density at radius 3 is 2.15 bits per heavy atom. The molecule has 11 heteroatoms. The van der Waals surface area contributed by atoms with Crippen molar-refractivity contribution in [3.05, 3.63) is 34.9 Å². The first-order valence-electron chi connectivity index (χ1n) is 14.2. The van der Waals surface area contributed by atoms with Gasteiger partial charge < -0.3 is 30.7 Å².